The molecule has 52 valence electrons. The van der Waals surface area contributed by atoms with Gasteiger partial charge in [-0.1, -0.05) is 12.0 Å². The Morgan fingerprint density at radius 1 is 1.90 bits per heavy atom. The summed E-state index contributed by atoms with van der Waals surface area (Å²) in [5.74, 6) is 1.97. The molecule has 0 aliphatic heterocycles. The Morgan fingerprint density at radius 2 is 2.60 bits per heavy atom. The summed E-state index contributed by atoms with van der Waals surface area (Å²) in [4.78, 5) is 10.8. The Labute approximate surface area is 59.9 Å². The summed E-state index contributed by atoms with van der Waals surface area (Å²) in [6, 6.07) is 0. The number of hydrogen-bond acceptors (Lipinski definition) is 2. The summed E-state index contributed by atoms with van der Waals surface area (Å²) in [6.07, 6.45) is 8.57. The Hall–Kier alpha value is -1.23. The fourth-order valence-electron chi connectivity index (χ4n) is 0.674. The monoisotopic (exact) mass is 136 g/mol. The normalized spacial score (nSPS) is 14.5. The van der Waals surface area contributed by atoms with Crippen LogP contribution >= 0.6 is 0 Å². The number of carbonyl (C=O) groups is 1. The smallest absolute Gasteiger partial charge is 0.334 e. The summed E-state index contributed by atoms with van der Waals surface area (Å²) in [7, 11) is 0. The van der Waals surface area contributed by atoms with Crippen LogP contribution in [0.1, 0.15) is 12.8 Å². The molecule has 2 nitrogen and oxygen atoms in total. The highest BCUT2D eigenvalue weighted by atomic mass is 16.5. The molecule has 0 saturated heterocycles. The summed E-state index contributed by atoms with van der Waals surface area (Å²) in [6.45, 7) is 0.0795. The average molecular weight is 136 g/mol. The van der Waals surface area contributed by atoms with E-state index in [1.165, 1.54) is 0 Å². The first kappa shape index (κ1) is 6.88. The molecule has 0 aromatic heterocycles. The average Bonchev–Trinajstić information content (AvgIpc) is 1.79. The lowest BCUT2D eigenvalue weighted by Crippen LogP contribution is -2.12. The zero-order chi connectivity index (χ0) is 7.40. The Morgan fingerprint density at radius 3 is 3.00 bits per heavy atom. The zero-order valence-electron chi connectivity index (χ0n) is 5.59. The summed E-state index contributed by atoms with van der Waals surface area (Å²) in [5, 5.41) is 0. The van der Waals surface area contributed by atoms with Crippen LogP contribution < -0.4 is 0 Å². The van der Waals surface area contributed by atoms with E-state index < -0.39 is 0 Å². The topological polar surface area (TPSA) is 26.3 Å². The minimum atomic E-state index is -0.260. The third-order valence-corrected chi connectivity index (χ3v) is 1.35. The Bertz CT molecular complexity index is 208. The molecule has 10 heavy (non-hydrogen) atoms. The van der Waals surface area contributed by atoms with Crippen LogP contribution in [-0.2, 0) is 9.53 Å². The van der Waals surface area contributed by atoms with E-state index in [4.69, 9.17) is 6.42 Å². The van der Waals surface area contributed by atoms with Gasteiger partial charge in [0, 0.05) is 5.57 Å². The number of ether oxygens (including phenoxy) is 1. The molecule has 1 aliphatic rings. The van der Waals surface area contributed by atoms with E-state index in [0.29, 0.717) is 0 Å². The summed E-state index contributed by atoms with van der Waals surface area (Å²) < 4.78 is 4.65. The molecule has 0 spiro atoms. The zero-order valence-corrected chi connectivity index (χ0v) is 5.59. The maximum atomic E-state index is 10.8. The molecule has 0 fully saturated rings. The van der Waals surface area contributed by atoms with Crippen LogP contribution in [0, 0.1) is 12.3 Å². The summed E-state index contributed by atoms with van der Waals surface area (Å²) >= 11 is 0. The lowest BCUT2D eigenvalue weighted by Gasteiger charge is -2.11. The molecule has 2 heteroatoms. The molecule has 0 saturated carbocycles. The second-order valence-corrected chi connectivity index (χ2v) is 2.05. The van der Waals surface area contributed by atoms with E-state index in [9.17, 15) is 4.79 Å². The van der Waals surface area contributed by atoms with Crippen LogP contribution in [0.2, 0.25) is 0 Å². The maximum absolute atomic E-state index is 10.8. The first-order valence-electron chi connectivity index (χ1n) is 3.14. The van der Waals surface area contributed by atoms with E-state index in [1.54, 1.807) is 0 Å². The van der Waals surface area contributed by atoms with Crippen molar-refractivity contribution in [3.63, 3.8) is 0 Å². The Balaban J connectivity index is 2.29. The highest BCUT2D eigenvalue weighted by molar-refractivity contribution is 5.89. The number of esters is 1. The highest BCUT2D eigenvalue weighted by Gasteiger charge is 2.14. The molecule has 1 rings (SSSR count). The second kappa shape index (κ2) is 3.07. The van der Waals surface area contributed by atoms with E-state index in [2.05, 4.69) is 10.7 Å². The molecule has 0 heterocycles. The van der Waals surface area contributed by atoms with Gasteiger partial charge >= 0.3 is 5.97 Å². The molecule has 0 unspecified atom stereocenters. The van der Waals surface area contributed by atoms with Gasteiger partial charge in [0.05, 0.1) is 0 Å². The van der Waals surface area contributed by atoms with Crippen LogP contribution in [0.15, 0.2) is 11.6 Å². The quantitative estimate of drug-likeness (QED) is 0.416. The van der Waals surface area contributed by atoms with Gasteiger partial charge in [0.15, 0.2) is 6.61 Å². The van der Waals surface area contributed by atoms with Gasteiger partial charge in [-0.3, -0.25) is 0 Å². The standard InChI is InChI=1S/C8H8O2/c1-2-6-10-8(9)7-4-3-5-7/h1,4H,3,5-6H2. The van der Waals surface area contributed by atoms with Gasteiger partial charge in [-0.15, -0.1) is 6.42 Å². The molecule has 0 aromatic rings. The predicted octanol–water partition coefficient (Wildman–Crippen LogP) is 0.883. The van der Waals surface area contributed by atoms with Crippen molar-refractivity contribution in [1.82, 2.24) is 0 Å². The predicted molar refractivity (Wildman–Crippen MR) is 37.1 cm³/mol. The van der Waals surface area contributed by atoms with E-state index in [-0.39, 0.29) is 12.6 Å². The minimum absolute atomic E-state index is 0.0795. The van der Waals surface area contributed by atoms with Crippen LogP contribution in [0.4, 0.5) is 0 Å². The number of allylic oxidation sites excluding steroid dienone is 1. The fraction of sp³-hybridized carbons (Fsp3) is 0.375. The first-order valence-corrected chi connectivity index (χ1v) is 3.14. The second-order valence-electron chi connectivity index (χ2n) is 2.05. The van der Waals surface area contributed by atoms with E-state index in [0.717, 1.165) is 18.4 Å². The molecule has 0 bridgehead atoms. The molecule has 0 atom stereocenters. The van der Waals surface area contributed by atoms with Crippen LogP contribution in [0.3, 0.4) is 0 Å². The van der Waals surface area contributed by atoms with Crippen molar-refractivity contribution in [2.24, 2.45) is 0 Å². The van der Waals surface area contributed by atoms with Crippen molar-refractivity contribution < 1.29 is 9.53 Å². The van der Waals surface area contributed by atoms with Gasteiger partial charge in [0.1, 0.15) is 0 Å². The first-order chi connectivity index (χ1) is 4.84. The van der Waals surface area contributed by atoms with Crippen molar-refractivity contribution >= 4 is 5.97 Å². The Kier molecular flexibility index (Phi) is 2.11. The lowest BCUT2D eigenvalue weighted by molar-refractivity contribution is -0.138. The van der Waals surface area contributed by atoms with Crippen molar-refractivity contribution in [3.05, 3.63) is 11.6 Å². The van der Waals surface area contributed by atoms with Gasteiger partial charge in [-0.05, 0) is 12.8 Å². The van der Waals surface area contributed by atoms with Gasteiger partial charge in [0.2, 0.25) is 0 Å². The third-order valence-electron chi connectivity index (χ3n) is 1.35. The SMILES string of the molecule is C#CCOC(=O)C1=CCC1. The van der Waals surface area contributed by atoms with Crippen molar-refractivity contribution in [1.29, 1.82) is 0 Å². The third kappa shape index (κ3) is 1.38. The van der Waals surface area contributed by atoms with Crippen LogP contribution in [-0.4, -0.2) is 12.6 Å². The lowest BCUT2D eigenvalue weighted by atomic mass is 10.00. The van der Waals surface area contributed by atoms with Crippen molar-refractivity contribution in [2.75, 3.05) is 6.61 Å². The van der Waals surface area contributed by atoms with Gasteiger partial charge in [-0.25, -0.2) is 4.79 Å². The van der Waals surface area contributed by atoms with Crippen molar-refractivity contribution in [2.45, 2.75) is 12.8 Å². The van der Waals surface area contributed by atoms with Gasteiger partial charge in [0.25, 0.3) is 0 Å². The molecule has 1 aliphatic carbocycles. The fourth-order valence-corrected chi connectivity index (χ4v) is 0.674. The minimum Gasteiger partial charge on any atom is -0.449 e. The van der Waals surface area contributed by atoms with Crippen LogP contribution in [0.25, 0.3) is 0 Å². The van der Waals surface area contributed by atoms with Crippen molar-refractivity contribution in [3.8, 4) is 12.3 Å². The largest absolute Gasteiger partial charge is 0.449 e. The number of hydrogen-bond donors (Lipinski definition) is 0. The maximum Gasteiger partial charge on any atom is 0.334 e. The van der Waals surface area contributed by atoms with Crippen LogP contribution in [0.5, 0.6) is 0 Å². The molecule has 0 aromatic carbocycles. The number of terminal acetylenes is 1. The van der Waals surface area contributed by atoms with E-state index >= 15 is 0 Å². The van der Waals surface area contributed by atoms with Gasteiger partial charge < -0.3 is 4.74 Å². The molecular weight excluding hydrogens is 128 g/mol. The molecular formula is C8H8O2. The highest BCUT2D eigenvalue weighted by Crippen LogP contribution is 2.18. The molecule has 0 amide bonds. The van der Waals surface area contributed by atoms with E-state index in [1.807, 2.05) is 6.08 Å². The summed E-state index contributed by atoms with van der Waals surface area (Å²) in [5.41, 5.74) is 0.759. The molecule has 0 radical (unpaired) electrons. The molecule has 0 N–H and O–H groups in total. The van der Waals surface area contributed by atoms with Gasteiger partial charge in [-0.2, -0.15) is 0 Å². The number of carbonyl (C=O) groups excluding carboxylic acids is 1. The number of rotatable bonds is 2.